The van der Waals surface area contributed by atoms with E-state index in [0.717, 1.165) is 10.3 Å². The summed E-state index contributed by atoms with van der Waals surface area (Å²) >= 11 is 0. The molecule has 1 amide bonds. The molecule has 0 radical (unpaired) electrons. The number of carbonyl (C=O) groups is 1. The first-order valence-corrected chi connectivity index (χ1v) is 14.5. The van der Waals surface area contributed by atoms with Crippen LogP contribution in [0.3, 0.4) is 0 Å². The lowest BCUT2D eigenvalue weighted by atomic mass is 10.00. The van der Waals surface area contributed by atoms with Gasteiger partial charge in [-0.1, -0.05) is 44.2 Å². The molecule has 3 N–H and O–H groups in total. The molecule has 40 heavy (non-hydrogen) atoms. The largest absolute Gasteiger partial charge is 0.514 e. The Bertz CT molecular complexity index is 1320. The summed E-state index contributed by atoms with van der Waals surface area (Å²) < 4.78 is 40.1. The van der Waals surface area contributed by atoms with Crippen LogP contribution in [0.4, 0.5) is 4.79 Å². The number of sulfonamides is 1. The van der Waals surface area contributed by atoms with Crippen molar-refractivity contribution in [2.45, 2.75) is 43.9 Å². The summed E-state index contributed by atoms with van der Waals surface area (Å²) in [4.78, 5) is 13.5. The monoisotopic (exact) mass is 573 g/mol. The van der Waals surface area contributed by atoms with E-state index in [-0.39, 0.29) is 35.4 Å². The van der Waals surface area contributed by atoms with Crippen LogP contribution in [0.1, 0.15) is 25.0 Å². The summed E-state index contributed by atoms with van der Waals surface area (Å²) in [7, 11) is -0.835. The lowest BCUT2D eigenvalue weighted by Crippen LogP contribution is -3.17. The quantitative estimate of drug-likeness (QED) is 0.210. The molecule has 3 atom stereocenters. The van der Waals surface area contributed by atoms with Gasteiger partial charge in [-0.3, -0.25) is 5.21 Å². The number of aliphatic hydroxyl groups is 1. The molecule has 1 heterocycles. The number of ether oxygens (including phenoxy) is 2. The van der Waals surface area contributed by atoms with Crippen LogP contribution in [0, 0.1) is 5.92 Å². The Kier molecular flexibility index (Phi) is 11.0. The van der Waals surface area contributed by atoms with Crippen molar-refractivity contribution in [2.24, 2.45) is 5.92 Å². The Morgan fingerprint density at radius 3 is 2.17 bits per heavy atom. The van der Waals surface area contributed by atoms with Gasteiger partial charge in [0.2, 0.25) is 22.4 Å². The zero-order valence-corrected chi connectivity index (χ0v) is 24.1. The Morgan fingerprint density at radius 1 is 0.975 bits per heavy atom. The van der Waals surface area contributed by atoms with Gasteiger partial charge in [-0.2, -0.15) is 9.10 Å². The highest BCUT2D eigenvalue weighted by Gasteiger charge is 2.37. The second-order valence-corrected chi connectivity index (χ2v) is 12.0. The normalized spacial score (nSPS) is 14.1. The van der Waals surface area contributed by atoms with E-state index in [1.807, 2.05) is 44.2 Å². The van der Waals surface area contributed by atoms with Crippen LogP contribution in [0.15, 0.2) is 84.0 Å². The number of hydrogen-bond donors (Lipinski definition) is 3. The predicted molar refractivity (Wildman–Crippen MR) is 147 cm³/mol. The van der Waals surface area contributed by atoms with Gasteiger partial charge in [0.25, 0.3) is 0 Å². The van der Waals surface area contributed by atoms with Gasteiger partial charge in [0.1, 0.15) is 24.5 Å². The maximum Gasteiger partial charge on any atom is 0.514 e. The minimum atomic E-state index is -3.95. The van der Waals surface area contributed by atoms with Crippen LogP contribution < -0.4 is 14.4 Å². The fraction of sp³-hybridized carbons (Fsp3) is 0.379. The number of rotatable bonds is 13. The van der Waals surface area contributed by atoms with E-state index in [1.165, 1.54) is 35.9 Å². The number of benzene rings is 2. The van der Waals surface area contributed by atoms with E-state index < -0.39 is 28.3 Å². The number of alkyl carbamates (subject to hydrolysis) is 2. The number of quaternary nitrogens is 1. The fourth-order valence-electron chi connectivity index (χ4n) is 4.32. The molecule has 0 aliphatic rings. The molecule has 0 aliphatic carbocycles. The highest BCUT2D eigenvalue weighted by Crippen LogP contribution is 2.21. The summed E-state index contributed by atoms with van der Waals surface area (Å²) in [5, 5.41) is 20.9. The van der Waals surface area contributed by atoms with Crippen LogP contribution in [-0.4, -0.2) is 68.5 Å². The molecule has 0 bridgehead atoms. The molecule has 0 aliphatic heterocycles. The van der Waals surface area contributed by atoms with Crippen molar-refractivity contribution >= 4 is 16.1 Å². The number of aliphatic hydroxyl groups excluding tert-OH is 1. The standard InChI is InChI=1S/C29H38N3O7S/c1-22(2)19-32(40(36,37)26-12-10-25(38-4)11-13-26)20-28(33)27(18-23-8-6-5-7-9-23)30(3)29(34)39-21-24-14-16-31(35)17-15-24/h5-17,22,27-28,33,35H,18-21H2,1-4H3/q+1/p+1/t27-,28+/m0/s1. The third-order valence-corrected chi connectivity index (χ3v) is 8.40. The zero-order chi connectivity index (χ0) is 29.3. The van der Waals surface area contributed by atoms with Crippen molar-refractivity contribution in [3.8, 4) is 5.75 Å². The molecule has 0 saturated heterocycles. The number of nitrogens with one attached hydrogen (secondary N) is 1. The van der Waals surface area contributed by atoms with Crippen LogP contribution in [-0.2, 0) is 27.8 Å². The van der Waals surface area contributed by atoms with Gasteiger partial charge in [-0.25, -0.2) is 13.3 Å². The molecule has 216 valence electrons. The zero-order valence-electron chi connectivity index (χ0n) is 23.3. The molecule has 0 spiro atoms. The van der Waals surface area contributed by atoms with Gasteiger partial charge in [-0.05, 0) is 35.7 Å². The van der Waals surface area contributed by atoms with E-state index in [9.17, 15) is 23.5 Å². The molecule has 1 aromatic heterocycles. The van der Waals surface area contributed by atoms with Crippen molar-refractivity contribution < 1.29 is 42.6 Å². The SMILES string of the molecule is COc1ccc(S(=O)(=O)N(CC(C)C)C[C@@H](O)[C@H](Cc2ccccc2)[NH+](C)C(=O)OCc2cc[n+](O)cc2)cc1. The maximum absolute atomic E-state index is 13.6. The second-order valence-electron chi connectivity index (χ2n) is 10.1. The molecular weight excluding hydrogens is 534 g/mol. The number of amides is 1. The lowest BCUT2D eigenvalue weighted by Gasteiger charge is -2.31. The second kappa shape index (κ2) is 14.2. The smallest absolute Gasteiger partial charge is 0.497 e. The first-order chi connectivity index (χ1) is 19.0. The van der Waals surface area contributed by atoms with Crippen molar-refractivity contribution in [3.05, 3.63) is 90.3 Å². The average molecular weight is 574 g/mol. The maximum atomic E-state index is 13.6. The lowest BCUT2D eigenvalue weighted by molar-refractivity contribution is -0.904. The van der Waals surface area contributed by atoms with Crippen LogP contribution in [0.5, 0.6) is 5.75 Å². The molecule has 1 unspecified atom stereocenters. The summed E-state index contributed by atoms with van der Waals surface area (Å²) in [6.07, 6.45) is 1.39. The number of carbonyl (C=O) groups excluding carboxylic acids is 1. The van der Waals surface area contributed by atoms with Crippen molar-refractivity contribution in [3.63, 3.8) is 0 Å². The fourth-order valence-corrected chi connectivity index (χ4v) is 5.94. The van der Waals surface area contributed by atoms with Gasteiger partial charge >= 0.3 is 6.09 Å². The molecule has 2 aromatic carbocycles. The first kappa shape index (κ1) is 31.0. The van der Waals surface area contributed by atoms with E-state index in [4.69, 9.17) is 9.47 Å². The molecule has 0 fully saturated rings. The van der Waals surface area contributed by atoms with Gasteiger partial charge in [0.05, 0.1) is 19.1 Å². The molecular formula is C29H39N3O7S+2. The van der Waals surface area contributed by atoms with E-state index in [2.05, 4.69) is 0 Å². The minimum Gasteiger partial charge on any atom is -0.497 e. The first-order valence-electron chi connectivity index (χ1n) is 13.1. The number of hydrogen-bond acceptors (Lipinski definition) is 7. The Hall–Kier alpha value is -3.51. The number of likely N-dealkylation sites (N-methyl/N-ethyl adjacent to an activating group) is 1. The van der Waals surface area contributed by atoms with Crippen molar-refractivity contribution in [1.82, 2.24) is 4.31 Å². The van der Waals surface area contributed by atoms with Crippen LogP contribution >= 0.6 is 0 Å². The Morgan fingerprint density at radius 2 is 1.60 bits per heavy atom. The van der Waals surface area contributed by atoms with E-state index in [0.29, 0.717) is 17.7 Å². The summed E-state index contributed by atoms with van der Waals surface area (Å²) in [6.45, 7) is 3.77. The van der Waals surface area contributed by atoms with E-state index >= 15 is 0 Å². The topological polar surface area (TPSA) is 122 Å². The van der Waals surface area contributed by atoms with Gasteiger partial charge in [-0.15, -0.1) is 0 Å². The molecule has 0 saturated carbocycles. The summed E-state index contributed by atoms with van der Waals surface area (Å²) in [5.41, 5.74) is 1.57. The third kappa shape index (κ3) is 8.49. The van der Waals surface area contributed by atoms with Crippen molar-refractivity contribution in [2.75, 3.05) is 27.2 Å². The summed E-state index contributed by atoms with van der Waals surface area (Å²) in [6, 6.07) is 18.1. The van der Waals surface area contributed by atoms with Gasteiger partial charge < -0.3 is 14.6 Å². The van der Waals surface area contributed by atoms with Gasteiger partial charge in [0, 0.05) is 41.9 Å². The third-order valence-electron chi connectivity index (χ3n) is 6.55. The average Bonchev–Trinajstić information content (AvgIpc) is 2.95. The van der Waals surface area contributed by atoms with Crippen LogP contribution in [0.2, 0.25) is 0 Å². The summed E-state index contributed by atoms with van der Waals surface area (Å²) in [5.74, 6) is 0.526. The number of pyridine rings is 1. The molecule has 3 aromatic rings. The Balaban J connectivity index is 1.84. The molecule has 3 rings (SSSR count). The highest BCUT2D eigenvalue weighted by atomic mass is 32.2. The van der Waals surface area contributed by atoms with E-state index in [1.54, 1.807) is 31.3 Å². The number of aromatic nitrogens is 1. The molecule has 10 nitrogen and oxygen atoms in total. The van der Waals surface area contributed by atoms with Gasteiger partial charge in [0.15, 0.2) is 0 Å². The van der Waals surface area contributed by atoms with Crippen molar-refractivity contribution in [1.29, 1.82) is 0 Å². The van der Waals surface area contributed by atoms with Crippen LogP contribution in [0.25, 0.3) is 0 Å². The number of methoxy groups -OCH3 is 1. The Labute approximate surface area is 236 Å². The highest BCUT2D eigenvalue weighted by molar-refractivity contribution is 7.89. The predicted octanol–water partition coefficient (Wildman–Crippen LogP) is 1.69. The molecule has 11 heteroatoms. The number of nitrogens with zero attached hydrogens (tertiary/aromatic N) is 2. The minimum absolute atomic E-state index is 0.00805.